The van der Waals surface area contributed by atoms with E-state index in [9.17, 15) is 0 Å². The van der Waals surface area contributed by atoms with Crippen molar-refractivity contribution in [2.24, 2.45) is 0 Å². The average molecular weight is 306 g/mol. The molecule has 0 radical (unpaired) electrons. The lowest BCUT2D eigenvalue weighted by Crippen LogP contribution is -1.90. The van der Waals surface area contributed by atoms with Crippen LogP contribution in [-0.2, 0) is 6.42 Å². The molecule has 0 saturated heterocycles. The Kier molecular flexibility index (Phi) is 3.16. The SMILES string of the molecule is Nc1n[nH]c2ccc(Nc3nnc(Cc4ccccc4)o3)cc12. The molecule has 2 aromatic heterocycles. The average Bonchev–Trinajstić information content (AvgIpc) is 3.16. The molecule has 0 aliphatic carbocycles. The zero-order chi connectivity index (χ0) is 15.6. The van der Waals surface area contributed by atoms with Crippen molar-refractivity contribution in [3.05, 3.63) is 60.0 Å². The van der Waals surface area contributed by atoms with E-state index in [0.717, 1.165) is 22.2 Å². The van der Waals surface area contributed by atoms with Crippen LogP contribution in [0.15, 0.2) is 52.9 Å². The highest BCUT2D eigenvalue weighted by molar-refractivity contribution is 5.91. The predicted octanol–water partition coefficient (Wildman–Crippen LogP) is 2.86. The summed E-state index contributed by atoms with van der Waals surface area (Å²) in [5.74, 6) is 1.02. The summed E-state index contributed by atoms with van der Waals surface area (Å²) in [6.45, 7) is 0. The highest BCUT2D eigenvalue weighted by Gasteiger charge is 2.08. The van der Waals surface area contributed by atoms with E-state index in [1.165, 1.54) is 0 Å². The Morgan fingerprint density at radius 3 is 2.83 bits per heavy atom. The van der Waals surface area contributed by atoms with Crippen LogP contribution >= 0.6 is 0 Å². The van der Waals surface area contributed by atoms with Crippen LogP contribution in [0.3, 0.4) is 0 Å². The topological polar surface area (TPSA) is 106 Å². The Morgan fingerprint density at radius 1 is 1.09 bits per heavy atom. The quantitative estimate of drug-likeness (QED) is 0.535. The molecule has 2 heterocycles. The molecule has 7 nitrogen and oxygen atoms in total. The van der Waals surface area contributed by atoms with E-state index in [4.69, 9.17) is 10.2 Å². The molecule has 0 atom stereocenters. The molecule has 0 spiro atoms. The second-order valence-electron chi connectivity index (χ2n) is 5.16. The van der Waals surface area contributed by atoms with Gasteiger partial charge in [0.05, 0.1) is 11.9 Å². The second kappa shape index (κ2) is 5.45. The number of fused-ring (bicyclic) bond motifs is 1. The molecule has 0 unspecified atom stereocenters. The summed E-state index contributed by atoms with van der Waals surface area (Å²) in [5.41, 5.74) is 8.61. The van der Waals surface area contributed by atoms with Gasteiger partial charge >= 0.3 is 6.01 Å². The van der Waals surface area contributed by atoms with Gasteiger partial charge in [-0.05, 0) is 23.8 Å². The summed E-state index contributed by atoms with van der Waals surface area (Å²) in [6.07, 6.45) is 0.600. The summed E-state index contributed by atoms with van der Waals surface area (Å²) >= 11 is 0. The number of nitrogen functional groups attached to an aromatic ring is 1. The zero-order valence-corrected chi connectivity index (χ0v) is 12.2. The van der Waals surface area contributed by atoms with Crippen LogP contribution < -0.4 is 11.1 Å². The minimum absolute atomic E-state index is 0.345. The van der Waals surface area contributed by atoms with Crippen molar-refractivity contribution >= 4 is 28.4 Å². The van der Waals surface area contributed by atoms with Gasteiger partial charge in [-0.25, -0.2) is 0 Å². The molecule has 0 amide bonds. The molecule has 0 aliphatic rings. The summed E-state index contributed by atoms with van der Waals surface area (Å²) in [7, 11) is 0. The molecule has 4 aromatic rings. The number of rotatable bonds is 4. The maximum absolute atomic E-state index is 5.81. The smallest absolute Gasteiger partial charge is 0.320 e. The Balaban J connectivity index is 1.53. The van der Waals surface area contributed by atoms with Gasteiger partial charge in [0.1, 0.15) is 0 Å². The van der Waals surface area contributed by atoms with Gasteiger partial charge in [0.15, 0.2) is 5.82 Å². The molecule has 2 aromatic carbocycles. The van der Waals surface area contributed by atoms with E-state index in [1.807, 2.05) is 48.5 Å². The number of hydrogen-bond donors (Lipinski definition) is 3. The number of benzene rings is 2. The largest absolute Gasteiger partial charge is 0.408 e. The van der Waals surface area contributed by atoms with E-state index in [0.29, 0.717) is 24.1 Å². The van der Waals surface area contributed by atoms with Gasteiger partial charge in [0, 0.05) is 11.1 Å². The standard InChI is InChI=1S/C16H14N6O/c17-15-12-9-11(6-7-13(12)19-21-15)18-16-22-20-14(23-16)8-10-4-2-1-3-5-10/h1-7,9H,8H2,(H,18,22)(H3,17,19,21). The molecule has 4 rings (SSSR count). The van der Waals surface area contributed by atoms with Crippen molar-refractivity contribution in [3.8, 4) is 0 Å². The lowest BCUT2D eigenvalue weighted by atomic mass is 10.2. The monoisotopic (exact) mass is 306 g/mol. The number of H-pyrrole nitrogens is 1. The second-order valence-corrected chi connectivity index (χ2v) is 5.16. The lowest BCUT2D eigenvalue weighted by Gasteiger charge is -2.01. The molecule has 23 heavy (non-hydrogen) atoms. The normalized spacial score (nSPS) is 11.0. The van der Waals surface area contributed by atoms with Crippen molar-refractivity contribution in [3.63, 3.8) is 0 Å². The van der Waals surface area contributed by atoms with Crippen LogP contribution in [0.5, 0.6) is 0 Å². The van der Waals surface area contributed by atoms with E-state index < -0.39 is 0 Å². The molecule has 0 fully saturated rings. The third-order valence-corrected chi connectivity index (χ3v) is 3.51. The van der Waals surface area contributed by atoms with Crippen molar-refractivity contribution in [2.75, 3.05) is 11.1 Å². The van der Waals surface area contributed by atoms with Crippen LogP contribution in [0, 0.1) is 0 Å². The molecule has 114 valence electrons. The highest BCUT2D eigenvalue weighted by atomic mass is 16.4. The lowest BCUT2D eigenvalue weighted by molar-refractivity contribution is 0.521. The molecular formula is C16H14N6O. The van der Waals surface area contributed by atoms with Gasteiger partial charge in [-0.3, -0.25) is 5.10 Å². The molecule has 7 heteroatoms. The van der Waals surface area contributed by atoms with E-state index in [1.54, 1.807) is 0 Å². The minimum Gasteiger partial charge on any atom is -0.408 e. The van der Waals surface area contributed by atoms with Gasteiger partial charge in [0.2, 0.25) is 5.89 Å². The maximum Gasteiger partial charge on any atom is 0.320 e. The van der Waals surface area contributed by atoms with Crippen LogP contribution in [-0.4, -0.2) is 20.4 Å². The van der Waals surface area contributed by atoms with Crippen LogP contribution in [0.25, 0.3) is 10.9 Å². The molecule has 4 N–H and O–H groups in total. The van der Waals surface area contributed by atoms with Gasteiger partial charge < -0.3 is 15.5 Å². The van der Waals surface area contributed by atoms with Crippen LogP contribution in [0.2, 0.25) is 0 Å². The van der Waals surface area contributed by atoms with Gasteiger partial charge in [-0.2, -0.15) is 5.10 Å². The van der Waals surface area contributed by atoms with Crippen molar-refractivity contribution < 1.29 is 4.42 Å². The van der Waals surface area contributed by atoms with E-state index >= 15 is 0 Å². The summed E-state index contributed by atoms with van der Waals surface area (Å²) < 4.78 is 5.63. The van der Waals surface area contributed by atoms with Gasteiger partial charge in [-0.1, -0.05) is 35.4 Å². The van der Waals surface area contributed by atoms with Crippen molar-refractivity contribution in [2.45, 2.75) is 6.42 Å². The number of nitrogens with two attached hydrogens (primary N) is 1. The molecule has 0 aliphatic heterocycles. The fourth-order valence-corrected chi connectivity index (χ4v) is 2.38. The molecule has 0 saturated carbocycles. The third kappa shape index (κ3) is 2.71. The molecular weight excluding hydrogens is 292 g/mol. The van der Waals surface area contributed by atoms with Crippen molar-refractivity contribution in [1.29, 1.82) is 0 Å². The number of hydrogen-bond acceptors (Lipinski definition) is 6. The Hall–Kier alpha value is -3.35. The Labute approximate surface area is 131 Å². The number of anilines is 3. The first-order valence-electron chi connectivity index (χ1n) is 7.15. The Morgan fingerprint density at radius 2 is 1.96 bits per heavy atom. The van der Waals surface area contributed by atoms with E-state index in [-0.39, 0.29) is 0 Å². The van der Waals surface area contributed by atoms with Crippen LogP contribution in [0.1, 0.15) is 11.5 Å². The van der Waals surface area contributed by atoms with Gasteiger partial charge in [-0.15, -0.1) is 5.10 Å². The van der Waals surface area contributed by atoms with Gasteiger partial charge in [0.25, 0.3) is 0 Å². The first-order valence-corrected chi connectivity index (χ1v) is 7.15. The minimum atomic E-state index is 0.345. The molecule has 0 bridgehead atoms. The fraction of sp³-hybridized carbons (Fsp3) is 0.0625. The predicted molar refractivity (Wildman–Crippen MR) is 87.3 cm³/mol. The zero-order valence-electron chi connectivity index (χ0n) is 12.2. The highest BCUT2D eigenvalue weighted by Crippen LogP contribution is 2.24. The number of aromatic nitrogens is 4. The summed E-state index contributed by atoms with van der Waals surface area (Å²) in [4.78, 5) is 0. The fourth-order valence-electron chi connectivity index (χ4n) is 2.38. The first kappa shape index (κ1) is 13.3. The van der Waals surface area contributed by atoms with E-state index in [2.05, 4.69) is 25.7 Å². The number of nitrogens with zero attached hydrogens (tertiary/aromatic N) is 3. The maximum atomic E-state index is 5.81. The Bertz CT molecular complexity index is 944. The first-order chi connectivity index (χ1) is 11.3. The summed E-state index contributed by atoms with van der Waals surface area (Å²) in [5, 5.41) is 18.8. The van der Waals surface area contributed by atoms with Crippen LogP contribution in [0.4, 0.5) is 17.5 Å². The number of nitrogens with one attached hydrogen (secondary N) is 2. The summed E-state index contributed by atoms with van der Waals surface area (Å²) in [6, 6.07) is 16.0. The van der Waals surface area contributed by atoms with Crippen molar-refractivity contribution in [1.82, 2.24) is 20.4 Å². The number of aromatic amines is 1. The third-order valence-electron chi connectivity index (χ3n) is 3.51.